The lowest BCUT2D eigenvalue weighted by Crippen LogP contribution is -2.32. The molecule has 1 aromatic rings. The highest BCUT2D eigenvalue weighted by Crippen LogP contribution is 2.52. The number of phenolic OH excluding ortho intramolecular Hbond substituents is 1. The summed E-state index contributed by atoms with van der Waals surface area (Å²) in [5, 5.41) is 11.6. The maximum Gasteiger partial charge on any atom is 0.225 e. The first-order valence-electron chi connectivity index (χ1n) is 12.6. The zero-order valence-corrected chi connectivity index (χ0v) is 20.1. The molecule has 3 aliphatic rings. The molecule has 4 rings (SSSR count). The molecule has 174 valence electrons. The van der Waals surface area contributed by atoms with E-state index in [2.05, 4.69) is 32.6 Å². The van der Waals surface area contributed by atoms with Gasteiger partial charge in [0.25, 0.3) is 0 Å². The Kier molecular flexibility index (Phi) is 6.97. The lowest BCUT2D eigenvalue weighted by Gasteiger charge is -2.38. The Morgan fingerprint density at radius 3 is 2.72 bits per heavy atom. The van der Waals surface area contributed by atoms with Crippen LogP contribution in [0.3, 0.4) is 0 Å². The van der Waals surface area contributed by atoms with Gasteiger partial charge in [-0.2, -0.15) is 0 Å². The van der Waals surface area contributed by atoms with Crippen LogP contribution in [0.1, 0.15) is 94.2 Å². The fourth-order valence-corrected chi connectivity index (χ4v) is 5.86. The van der Waals surface area contributed by atoms with E-state index < -0.39 is 0 Å². The van der Waals surface area contributed by atoms with Crippen molar-refractivity contribution >= 4 is 5.91 Å². The number of benzene rings is 1. The summed E-state index contributed by atoms with van der Waals surface area (Å²) >= 11 is 0. The van der Waals surface area contributed by atoms with Crippen LogP contribution in [0.5, 0.6) is 11.5 Å². The van der Waals surface area contributed by atoms with Gasteiger partial charge in [-0.3, -0.25) is 4.79 Å². The van der Waals surface area contributed by atoms with Crippen molar-refractivity contribution in [1.29, 1.82) is 0 Å². The predicted molar refractivity (Wildman–Crippen MR) is 129 cm³/mol. The van der Waals surface area contributed by atoms with Gasteiger partial charge in [0.2, 0.25) is 5.91 Å². The highest BCUT2D eigenvalue weighted by atomic mass is 16.5. The molecule has 1 aromatic carbocycles. The number of unbranched alkanes of at least 4 members (excludes halogenated alkanes) is 2. The Labute approximate surface area is 193 Å². The first kappa shape index (κ1) is 22.9. The lowest BCUT2D eigenvalue weighted by atomic mass is 9.73. The summed E-state index contributed by atoms with van der Waals surface area (Å²) < 4.78 is 6.19. The summed E-state index contributed by atoms with van der Waals surface area (Å²) in [5.41, 5.74) is 4.24. The molecule has 4 heteroatoms. The van der Waals surface area contributed by atoms with Crippen LogP contribution in [0.2, 0.25) is 0 Å². The number of allylic oxidation sites excluding steroid dienone is 3. The third kappa shape index (κ3) is 4.46. The van der Waals surface area contributed by atoms with Crippen LogP contribution in [0.25, 0.3) is 0 Å². The topological polar surface area (TPSA) is 49.8 Å². The standard InChI is InChI=1S/C28H39NO3/c1-5-6-7-12-21-16-25-26(23-15-18(2)13-14-22(23)19(3)32-25)27(30)24(21)17-29(4)28(31)20-10-8-9-11-20/h15-16,20,22-23,30H,3,5-14,17H2,1-2,4H3. The minimum atomic E-state index is 0.0966. The molecule has 1 fully saturated rings. The molecular weight excluding hydrogens is 398 g/mol. The van der Waals surface area contributed by atoms with Crippen molar-refractivity contribution in [1.82, 2.24) is 4.90 Å². The number of hydrogen-bond acceptors (Lipinski definition) is 3. The second-order valence-corrected chi connectivity index (χ2v) is 10.2. The second-order valence-electron chi connectivity index (χ2n) is 10.2. The number of phenols is 1. The van der Waals surface area contributed by atoms with Crippen molar-refractivity contribution in [3.63, 3.8) is 0 Å². The molecular formula is C28H39NO3. The van der Waals surface area contributed by atoms with Gasteiger partial charge in [0, 0.05) is 42.5 Å². The lowest BCUT2D eigenvalue weighted by molar-refractivity contribution is -0.134. The van der Waals surface area contributed by atoms with Gasteiger partial charge in [0.15, 0.2) is 0 Å². The number of aryl methyl sites for hydroxylation is 1. The monoisotopic (exact) mass is 437 g/mol. The molecule has 1 heterocycles. The highest BCUT2D eigenvalue weighted by molar-refractivity contribution is 5.79. The number of nitrogens with zero attached hydrogens (tertiary/aromatic N) is 1. The molecule has 1 N–H and O–H groups in total. The first-order valence-corrected chi connectivity index (χ1v) is 12.6. The Hall–Kier alpha value is -2.23. The molecule has 0 bridgehead atoms. The highest BCUT2D eigenvalue weighted by Gasteiger charge is 2.38. The summed E-state index contributed by atoms with van der Waals surface area (Å²) in [6.07, 6.45) is 12.8. The Morgan fingerprint density at radius 1 is 1.25 bits per heavy atom. The quantitative estimate of drug-likeness (QED) is 0.385. The number of aromatic hydroxyl groups is 1. The van der Waals surface area contributed by atoms with Crippen molar-refractivity contribution in [3.05, 3.63) is 46.7 Å². The Bertz CT molecular complexity index is 910. The molecule has 1 saturated carbocycles. The number of fused-ring (bicyclic) bond motifs is 3. The molecule has 2 atom stereocenters. The van der Waals surface area contributed by atoms with Gasteiger partial charge in [-0.1, -0.05) is 50.8 Å². The van der Waals surface area contributed by atoms with Gasteiger partial charge in [0.05, 0.1) is 0 Å². The zero-order chi connectivity index (χ0) is 22.8. The fourth-order valence-electron chi connectivity index (χ4n) is 5.86. The van der Waals surface area contributed by atoms with E-state index in [1.165, 1.54) is 5.57 Å². The van der Waals surface area contributed by atoms with Gasteiger partial charge >= 0.3 is 0 Å². The van der Waals surface area contributed by atoms with Gasteiger partial charge in [-0.05, 0) is 57.1 Å². The second kappa shape index (κ2) is 9.72. The first-order chi connectivity index (χ1) is 15.4. The average Bonchev–Trinajstić information content (AvgIpc) is 3.30. The van der Waals surface area contributed by atoms with E-state index in [4.69, 9.17) is 4.74 Å². The fraction of sp³-hybridized carbons (Fsp3) is 0.607. The third-order valence-electron chi connectivity index (χ3n) is 7.76. The van der Waals surface area contributed by atoms with Gasteiger partial charge in [0.1, 0.15) is 17.3 Å². The summed E-state index contributed by atoms with van der Waals surface area (Å²) in [6, 6.07) is 2.12. The van der Waals surface area contributed by atoms with Crippen molar-refractivity contribution in [2.45, 2.75) is 90.5 Å². The van der Waals surface area contributed by atoms with Crippen molar-refractivity contribution < 1.29 is 14.6 Å². The van der Waals surface area contributed by atoms with E-state index >= 15 is 0 Å². The van der Waals surface area contributed by atoms with Crippen LogP contribution in [0, 0.1) is 11.8 Å². The molecule has 32 heavy (non-hydrogen) atoms. The Morgan fingerprint density at radius 2 is 2.00 bits per heavy atom. The summed E-state index contributed by atoms with van der Waals surface area (Å²) in [4.78, 5) is 14.9. The normalized spacial score (nSPS) is 22.7. The third-order valence-corrected chi connectivity index (χ3v) is 7.76. The van der Waals surface area contributed by atoms with Crippen LogP contribution < -0.4 is 4.74 Å². The van der Waals surface area contributed by atoms with Crippen molar-refractivity contribution in [3.8, 4) is 11.5 Å². The van der Waals surface area contributed by atoms with E-state index in [9.17, 15) is 9.90 Å². The predicted octanol–water partition coefficient (Wildman–Crippen LogP) is 6.62. The molecule has 0 saturated heterocycles. The van der Waals surface area contributed by atoms with Gasteiger partial charge in [-0.15, -0.1) is 0 Å². The van der Waals surface area contributed by atoms with Crippen LogP contribution in [0.15, 0.2) is 30.1 Å². The molecule has 4 nitrogen and oxygen atoms in total. The van der Waals surface area contributed by atoms with E-state index in [0.29, 0.717) is 12.3 Å². The minimum Gasteiger partial charge on any atom is -0.507 e. The number of carbonyl (C=O) groups excluding carboxylic acids is 1. The molecule has 2 aliphatic carbocycles. The van der Waals surface area contributed by atoms with Gasteiger partial charge < -0.3 is 14.7 Å². The molecule has 1 amide bonds. The summed E-state index contributed by atoms with van der Waals surface area (Å²) in [6.45, 7) is 9.03. The molecule has 0 spiro atoms. The largest absolute Gasteiger partial charge is 0.507 e. The number of carbonyl (C=O) groups is 1. The number of hydrogen-bond donors (Lipinski definition) is 1. The van der Waals surface area contributed by atoms with E-state index in [1.54, 1.807) is 0 Å². The van der Waals surface area contributed by atoms with E-state index in [-0.39, 0.29) is 23.7 Å². The van der Waals surface area contributed by atoms with Crippen molar-refractivity contribution in [2.75, 3.05) is 7.05 Å². The SMILES string of the molecule is C=C1Oc2cc(CCCCC)c(CN(C)C(=O)C3CCCC3)c(O)c2C2C=C(C)CCC12. The molecule has 0 radical (unpaired) electrons. The number of amides is 1. The van der Waals surface area contributed by atoms with Crippen LogP contribution in [-0.2, 0) is 17.8 Å². The van der Waals surface area contributed by atoms with Crippen LogP contribution >= 0.6 is 0 Å². The molecule has 0 aromatic heterocycles. The zero-order valence-electron chi connectivity index (χ0n) is 20.1. The number of rotatable bonds is 7. The Balaban J connectivity index is 1.72. The molecule has 2 unspecified atom stereocenters. The van der Waals surface area contributed by atoms with Crippen molar-refractivity contribution in [2.24, 2.45) is 11.8 Å². The molecule has 1 aliphatic heterocycles. The van der Waals surface area contributed by atoms with Crippen LogP contribution in [0.4, 0.5) is 0 Å². The smallest absolute Gasteiger partial charge is 0.225 e. The van der Waals surface area contributed by atoms with Gasteiger partial charge in [-0.25, -0.2) is 0 Å². The summed E-state index contributed by atoms with van der Waals surface area (Å²) in [5.74, 6) is 2.55. The average molecular weight is 438 g/mol. The van der Waals surface area contributed by atoms with E-state index in [0.717, 1.165) is 92.4 Å². The maximum absolute atomic E-state index is 13.0. The maximum atomic E-state index is 13.0. The summed E-state index contributed by atoms with van der Waals surface area (Å²) in [7, 11) is 1.89. The van der Waals surface area contributed by atoms with Crippen LogP contribution in [-0.4, -0.2) is 23.0 Å². The minimum absolute atomic E-state index is 0.0966. The van der Waals surface area contributed by atoms with E-state index in [1.807, 2.05) is 11.9 Å². The number of ether oxygens (including phenoxy) is 1.